The smallest absolute Gasteiger partial charge is 0.224 e. The highest BCUT2D eigenvalue weighted by Gasteiger charge is 2.17. The van der Waals surface area contributed by atoms with E-state index in [0.29, 0.717) is 25.8 Å². The van der Waals surface area contributed by atoms with E-state index in [2.05, 4.69) is 26.6 Å². The summed E-state index contributed by atoms with van der Waals surface area (Å²) in [5, 5.41) is 5.91. The van der Waals surface area contributed by atoms with Gasteiger partial charge < -0.3 is 10.6 Å². The molecule has 0 bridgehead atoms. The number of hydrogen-bond acceptors (Lipinski definition) is 2. The molecule has 3 nitrogen and oxygen atoms in total. The van der Waals surface area contributed by atoms with Gasteiger partial charge in [0, 0.05) is 17.4 Å². The van der Waals surface area contributed by atoms with E-state index in [1.165, 1.54) is 0 Å². The molecule has 2 N–H and O–H groups in total. The minimum atomic E-state index is -0.291. The molecule has 0 fully saturated rings. The SMILES string of the molecule is Cl.O=C(CCc1ccc(Br)cc1)Nc1ccc2c(c1F)CCNC2. The van der Waals surface area contributed by atoms with E-state index in [1.54, 1.807) is 6.07 Å². The number of carbonyl (C=O) groups excluding carboxylic acids is 1. The average molecular weight is 414 g/mol. The molecular formula is C18H19BrClFN2O. The molecule has 0 aliphatic carbocycles. The Balaban J connectivity index is 0.00000208. The Kier molecular flexibility index (Phi) is 6.78. The minimum Gasteiger partial charge on any atom is -0.324 e. The summed E-state index contributed by atoms with van der Waals surface area (Å²) in [5.74, 6) is -0.457. The van der Waals surface area contributed by atoms with Crippen LogP contribution < -0.4 is 10.6 Å². The number of carbonyl (C=O) groups is 1. The third-order valence-electron chi connectivity index (χ3n) is 4.04. The summed E-state index contributed by atoms with van der Waals surface area (Å²) in [7, 11) is 0. The van der Waals surface area contributed by atoms with E-state index in [1.807, 2.05) is 30.3 Å². The highest BCUT2D eigenvalue weighted by atomic mass is 79.9. The van der Waals surface area contributed by atoms with Gasteiger partial charge in [-0.05, 0) is 54.3 Å². The number of halogens is 3. The van der Waals surface area contributed by atoms with Gasteiger partial charge in [-0.15, -0.1) is 12.4 Å². The lowest BCUT2D eigenvalue weighted by Gasteiger charge is -2.19. The van der Waals surface area contributed by atoms with Crippen molar-refractivity contribution in [2.45, 2.75) is 25.8 Å². The van der Waals surface area contributed by atoms with Crippen LogP contribution in [0.3, 0.4) is 0 Å². The van der Waals surface area contributed by atoms with Gasteiger partial charge >= 0.3 is 0 Å². The third-order valence-corrected chi connectivity index (χ3v) is 4.56. The number of hydrogen-bond donors (Lipinski definition) is 2. The highest BCUT2D eigenvalue weighted by Crippen LogP contribution is 2.24. The Morgan fingerprint density at radius 3 is 2.71 bits per heavy atom. The fourth-order valence-corrected chi connectivity index (χ4v) is 3.02. The van der Waals surface area contributed by atoms with Gasteiger partial charge in [0.05, 0.1) is 5.69 Å². The first kappa shape index (κ1) is 18.9. The second-order valence-corrected chi connectivity index (χ2v) is 6.58. The number of anilines is 1. The summed E-state index contributed by atoms with van der Waals surface area (Å²) in [5.41, 5.74) is 3.06. The molecule has 1 aliphatic heterocycles. The van der Waals surface area contributed by atoms with Crippen LogP contribution in [0, 0.1) is 5.82 Å². The Morgan fingerprint density at radius 2 is 1.96 bits per heavy atom. The van der Waals surface area contributed by atoms with Crippen LogP contribution in [0.2, 0.25) is 0 Å². The molecular weight excluding hydrogens is 395 g/mol. The number of aryl methyl sites for hydroxylation is 1. The Hall–Kier alpha value is -1.43. The lowest BCUT2D eigenvalue weighted by Crippen LogP contribution is -2.25. The molecule has 0 aromatic heterocycles. The maximum absolute atomic E-state index is 14.5. The summed E-state index contributed by atoms with van der Waals surface area (Å²) in [4.78, 5) is 12.1. The zero-order valence-corrected chi connectivity index (χ0v) is 15.5. The summed E-state index contributed by atoms with van der Waals surface area (Å²) in [6.07, 6.45) is 1.62. The lowest BCUT2D eigenvalue weighted by molar-refractivity contribution is -0.116. The molecule has 0 atom stereocenters. The van der Waals surface area contributed by atoms with Gasteiger partial charge in [0.1, 0.15) is 5.82 Å². The van der Waals surface area contributed by atoms with Gasteiger partial charge in [-0.2, -0.15) is 0 Å². The molecule has 0 saturated carbocycles. The molecule has 24 heavy (non-hydrogen) atoms. The second-order valence-electron chi connectivity index (χ2n) is 5.67. The van der Waals surface area contributed by atoms with Gasteiger partial charge in [0.25, 0.3) is 0 Å². The molecule has 0 radical (unpaired) electrons. The van der Waals surface area contributed by atoms with Gasteiger partial charge in [0.2, 0.25) is 5.91 Å². The molecule has 0 spiro atoms. The van der Waals surface area contributed by atoms with Crippen molar-refractivity contribution in [1.29, 1.82) is 0 Å². The second kappa shape index (κ2) is 8.60. The number of amides is 1. The van der Waals surface area contributed by atoms with Gasteiger partial charge in [-0.25, -0.2) is 4.39 Å². The maximum Gasteiger partial charge on any atom is 0.224 e. The Morgan fingerprint density at radius 1 is 1.21 bits per heavy atom. The summed E-state index contributed by atoms with van der Waals surface area (Å²) in [6, 6.07) is 11.4. The van der Waals surface area contributed by atoms with Crippen LogP contribution in [-0.4, -0.2) is 12.5 Å². The van der Waals surface area contributed by atoms with E-state index in [-0.39, 0.29) is 29.8 Å². The van der Waals surface area contributed by atoms with E-state index in [4.69, 9.17) is 0 Å². The van der Waals surface area contributed by atoms with Gasteiger partial charge in [-0.1, -0.05) is 34.1 Å². The fraction of sp³-hybridized carbons (Fsp3) is 0.278. The van der Waals surface area contributed by atoms with Crippen LogP contribution in [0.25, 0.3) is 0 Å². The standard InChI is InChI=1S/C18H18BrFN2O.ClH/c19-14-5-1-12(2-6-14)3-8-17(23)22-16-7-4-13-11-21-10-9-15(13)18(16)20;/h1-2,4-7,21H,3,8-11H2,(H,22,23);1H. The maximum atomic E-state index is 14.5. The van der Waals surface area contributed by atoms with Crippen molar-refractivity contribution in [2.75, 3.05) is 11.9 Å². The van der Waals surface area contributed by atoms with Crippen LogP contribution in [0.1, 0.15) is 23.1 Å². The predicted octanol–water partition coefficient (Wildman–Crippen LogP) is 4.23. The van der Waals surface area contributed by atoms with Crippen molar-refractivity contribution >= 4 is 39.9 Å². The van der Waals surface area contributed by atoms with Gasteiger partial charge in [0.15, 0.2) is 0 Å². The molecule has 0 saturated heterocycles. The highest BCUT2D eigenvalue weighted by molar-refractivity contribution is 9.10. The molecule has 1 amide bonds. The molecule has 2 aromatic rings. The zero-order chi connectivity index (χ0) is 16.2. The van der Waals surface area contributed by atoms with Crippen molar-refractivity contribution in [1.82, 2.24) is 5.32 Å². The molecule has 6 heteroatoms. The number of fused-ring (bicyclic) bond motifs is 1. The first-order valence-electron chi connectivity index (χ1n) is 7.69. The Labute approximate surface area is 155 Å². The van der Waals surface area contributed by atoms with E-state index >= 15 is 0 Å². The topological polar surface area (TPSA) is 41.1 Å². The number of nitrogens with one attached hydrogen (secondary N) is 2. The minimum absolute atomic E-state index is 0. The van der Waals surface area contributed by atoms with Crippen molar-refractivity contribution in [3.63, 3.8) is 0 Å². The van der Waals surface area contributed by atoms with Crippen molar-refractivity contribution in [3.8, 4) is 0 Å². The average Bonchev–Trinajstić information content (AvgIpc) is 2.57. The Bertz CT molecular complexity index is 722. The first-order chi connectivity index (χ1) is 11.1. The van der Waals surface area contributed by atoms with Crippen LogP contribution in [0.5, 0.6) is 0 Å². The lowest BCUT2D eigenvalue weighted by atomic mass is 9.99. The van der Waals surface area contributed by atoms with Crippen molar-refractivity contribution in [2.24, 2.45) is 0 Å². The van der Waals surface area contributed by atoms with Crippen LogP contribution in [0.4, 0.5) is 10.1 Å². The van der Waals surface area contributed by atoms with Crippen LogP contribution >= 0.6 is 28.3 Å². The quantitative estimate of drug-likeness (QED) is 0.788. The normalized spacial score (nSPS) is 12.9. The predicted molar refractivity (Wildman–Crippen MR) is 100 cm³/mol. The monoisotopic (exact) mass is 412 g/mol. The van der Waals surface area contributed by atoms with Crippen LogP contribution in [0.15, 0.2) is 40.9 Å². The molecule has 3 rings (SSSR count). The number of benzene rings is 2. The molecule has 1 heterocycles. The zero-order valence-electron chi connectivity index (χ0n) is 13.1. The van der Waals surface area contributed by atoms with Gasteiger partial charge in [-0.3, -0.25) is 4.79 Å². The van der Waals surface area contributed by atoms with Crippen molar-refractivity contribution < 1.29 is 9.18 Å². The summed E-state index contributed by atoms with van der Waals surface area (Å²) >= 11 is 3.38. The third kappa shape index (κ3) is 4.56. The van der Waals surface area contributed by atoms with Crippen LogP contribution in [-0.2, 0) is 24.2 Å². The van der Waals surface area contributed by atoms with Crippen molar-refractivity contribution in [3.05, 3.63) is 63.4 Å². The number of rotatable bonds is 4. The summed E-state index contributed by atoms with van der Waals surface area (Å²) < 4.78 is 15.5. The molecule has 0 unspecified atom stereocenters. The largest absolute Gasteiger partial charge is 0.324 e. The molecule has 2 aromatic carbocycles. The first-order valence-corrected chi connectivity index (χ1v) is 8.48. The summed E-state index contributed by atoms with van der Waals surface area (Å²) in [6.45, 7) is 1.45. The van der Waals surface area contributed by atoms with E-state index in [9.17, 15) is 9.18 Å². The van der Waals surface area contributed by atoms with E-state index < -0.39 is 0 Å². The molecule has 128 valence electrons. The van der Waals surface area contributed by atoms with E-state index in [0.717, 1.165) is 27.7 Å². The fourth-order valence-electron chi connectivity index (χ4n) is 2.75. The molecule has 1 aliphatic rings.